The van der Waals surface area contributed by atoms with E-state index in [1.165, 1.54) is 16.7 Å². The van der Waals surface area contributed by atoms with Crippen LogP contribution in [0.25, 0.3) is 0 Å². The van der Waals surface area contributed by atoms with Crippen LogP contribution in [0.4, 0.5) is 0 Å². The fraction of sp³-hybridized carbons (Fsp3) is 0.250. The Morgan fingerprint density at radius 2 is 2.03 bits per heavy atom. The summed E-state index contributed by atoms with van der Waals surface area (Å²) in [6.07, 6.45) is 7.91. The molecule has 2 atom stereocenters. The Hall–Kier alpha value is -3.42. The van der Waals surface area contributed by atoms with Gasteiger partial charge in [0.15, 0.2) is 0 Å². The first-order valence-corrected chi connectivity index (χ1v) is 12.8. The molecule has 0 bridgehead atoms. The number of carbonyl (C=O) groups excluding carboxylic acids is 1. The van der Waals surface area contributed by atoms with E-state index in [1.54, 1.807) is 41.3 Å². The summed E-state index contributed by atoms with van der Waals surface area (Å²) in [4.78, 5) is 18.7. The molecule has 2 unspecified atom stereocenters. The van der Waals surface area contributed by atoms with Gasteiger partial charge in [0.1, 0.15) is 5.75 Å². The molecule has 7 heteroatoms. The van der Waals surface area contributed by atoms with Crippen LogP contribution in [0.15, 0.2) is 83.1 Å². The average Bonchev–Trinajstić information content (AvgIpc) is 3.57. The number of hydrazone groups is 1. The summed E-state index contributed by atoms with van der Waals surface area (Å²) in [6, 6.07) is 17.4. The fourth-order valence-corrected chi connectivity index (χ4v) is 6.20. The lowest BCUT2D eigenvalue weighted by Crippen LogP contribution is -2.27. The number of pyridine rings is 1. The van der Waals surface area contributed by atoms with Crippen LogP contribution in [0.3, 0.4) is 0 Å². The number of aromatic hydroxyl groups is 1. The molecule has 0 saturated heterocycles. The van der Waals surface area contributed by atoms with Crippen LogP contribution < -0.4 is 5.32 Å². The largest absolute Gasteiger partial charge is 0.508 e. The summed E-state index contributed by atoms with van der Waals surface area (Å²) in [5, 5.41) is 20.5. The Kier molecular flexibility index (Phi) is 5.88. The van der Waals surface area contributed by atoms with Crippen molar-refractivity contribution < 1.29 is 9.90 Å². The number of rotatable bonds is 4. The Labute approximate surface area is 208 Å². The molecule has 3 aliphatic rings. The lowest BCUT2D eigenvalue weighted by atomic mass is 9.96. The molecular formula is C28H26N4O2S. The molecule has 4 heterocycles. The van der Waals surface area contributed by atoms with Crippen LogP contribution in [-0.2, 0) is 17.8 Å². The van der Waals surface area contributed by atoms with Crippen molar-refractivity contribution in [3.63, 3.8) is 0 Å². The number of nitrogens with one attached hydrogen (secondary N) is 1. The van der Waals surface area contributed by atoms with E-state index < -0.39 is 0 Å². The normalized spacial score (nSPS) is 21.4. The van der Waals surface area contributed by atoms with Gasteiger partial charge in [0, 0.05) is 41.7 Å². The molecule has 2 N–H and O–H groups in total. The molecule has 6 nitrogen and oxygen atoms in total. The molecule has 35 heavy (non-hydrogen) atoms. The second-order valence-electron chi connectivity index (χ2n) is 9.08. The van der Waals surface area contributed by atoms with Crippen LogP contribution >= 0.6 is 11.8 Å². The van der Waals surface area contributed by atoms with Gasteiger partial charge in [0.2, 0.25) is 0 Å². The third-order valence-corrected chi connectivity index (χ3v) is 8.24. The van der Waals surface area contributed by atoms with Crippen molar-refractivity contribution in [3.05, 3.63) is 106 Å². The van der Waals surface area contributed by atoms with Gasteiger partial charge in [-0.2, -0.15) is 5.10 Å². The van der Waals surface area contributed by atoms with Crippen LogP contribution in [0.1, 0.15) is 52.0 Å². The standard InChI is InChI=1S/C28H26N4O2S/c33-25-6-2-1-5-22(25)24-15-23(21-4-3-12-29-17-21)31-32(24)28(34)27-10-9-26(35-27)19-7-8-20-16-30-13-11-18(20)14-19/h1-8,10,12,14,17,24,26,30,33H,9,11,13,15-16H2. The van der Waals surface area contributed by atoms with E-state index in [-0.39, 0.29) is 22.9 Å². The van der Waals surface area contributed by atoms with Gasteiger partial charge in [-0.25, -0.2) is 5.01 Å². The topological polar surface area (TPSA) is 77.8 Å². The molecule has 0 aliphatic carbocycles. The van der Waals surface area contributed by atoms with Gasteiger partial charge < -0.3 is 10.4 Å². The molecule has 0 radical (unpaired) electrons. The third kappa shape index (κ3) is 4.26. The van der Waals surface area contributed by atoms with Gasteiger partial charge in [0.25, 0.3) is 5.91 Å². The second-order valence-corrected chi connectivity index (χ2v) is 10.3. The van der Waals surface area contributed by atoms with Crippen molar-refractivity contribution in [2.75, 3.05) is 6.54 Å². The summed E-state index contributed by atoms with van der Waals surface area (Å²) in [7, 11) is 0. The summed E-state index contributed by atoms with van der Waals surface area (Å²) in [5.74, 6) is 0.0548. The molecule has 0 spiro atoms. The number of phenols is 1. The average molecular weight is 483 g/mol. The fourth-order valence-electron chi connectivity index (χ4n) is 5.03. The number of hydrogen-bond acceptors (Lipinski definition) is 6. The summed E-state index contributed by atoms with van der Waals surface area (Å²) >= 11 is 1.62. The Morgan fingerprint density at radius 1 is 1.11 bits per heavy atom. The van der Waals surface area contributed by atoms with E-state index in [1.807, 2.05) is 30.3 Å². The summed E-state index contributed by atoms with van der Waals surface area (Å²) < 4.78 is 0. The zero-order chi connectivity index (χ0) is 23.8. The Bertz CT molecular complexity index is 1340. The maximum Gasteiger partial charge on any atom is 0.280 e. The third-order valence-electron chi connectivity index (χ3n) is 6.89. The number of amides is 1. The number of nitrogens with zero attached hydrogens (tertiary/aromatic N) is 3. The molecular weight excluding hydrogens is 456 g/mol. The minimum atomic E-state index is -0.365. The molecule has 1 aromatic heterocycles. The van der Waals surface area contributed by atoms with E-state index in [0.717, 1.165) is 37.2 Å². The quantitative estimate of drug-likeness (QED) is 0.555. The van der Waals surface area contributed by atoms with Crippen LogP contribution in [0.2, 0.25) is 0 Å². The lowest BCUT2D eigenvalue weighted by molar-refractivity contribution is -0.128. The van der Waals surface area contributed by atoms with E-state index in [4.69, 9.17) is 5.10 Å². The first-order chi connectivity index (χ1) is 17.2. The number of allylic oxidation sites excluding steroid dienone is 1. The maximum atomic E-state index is 13.8. The van der Waals surface area contributed by atoms with Gasteiger partial charge in [-0.05, 0) is 48.2 Å². The Morgan fingerprint density at radius 3 is 2.89 bits per heavy atom. The van der Waals surface area contributed by atoms with Crippen molar-refractivity contribution in [3.8, 4) is 5.75 Å². The minimum absolute atomic E-state index is 0.119. The van der Waals surface area contributed by atoms with Crippen molar-refractivity contribution in [2.24, 2.45) is 5.10 Å². The van der Waals surface area contributed by atoms with E-state index in [2.05, 4.69) is 28.5 Å². The number of para-hydroxylation sites is 1. The molecule has 3 aromatic rings. The number of thioether (sulfide) groups is 1. The molecule has 3 aliphatic heterocycles. The molecule has 2 aromatic carbocycles. The lowest BCUT2D eigenvalue weighted by Gasteiger charge is -2.23. The second kappa shape index (κ2) is 9.32. The van der Waals surface area contributed by atoms with Gasteiger partial charge in [0.05, 0.1) is 16.7 Å². The molecule has 6 rings (SSSR count). The first kappa shape index (κ1) is 22.1. The highest BCUT2D eigenvalue weighted by molar-refractivity contribution is 8.04. The van der Waals surface area contributed by atoms with Crippen molar-refractivity contribution in [1.82, 2.24) is 15.3 Å². The van der Waals surface area contributed by atoms with Gasteiger partial charge in [-0.15, -0.1) is 11.8 Å². The number of aromatic nitrogens is 1. The SMILES string of the molecule is O=C(C1=CCC(c2ccc3c(c2)CCNC3)S1)N1N=C(c2cccnc2)CC1c1ccccc1O. The van der Waals surface area contributed by atoms with Crippen molar-refractivity contribution in [1.29, 1.82) is 0 Å². The smallest absolute Gasteiger partial charge is 0.280 e. The van der Waals surface area contributed by atoms with Gasteiger partial charge >= 0.3 is 0 Å². The first-order valence-electron chi connectivity index (χ1n) is 12.0. The Balaban J connectivity index is 1.26. The molecule has 0 fully saturated rings. The minimum Gasteiger partial charge on any atom is -0.508 e. The number of hydrogen-bond donors (Lipinski definition) is 2. The zero-order valence-corrected chi connectivity index (χ0v) is 20.0. The van der Waals surface area contributed by atoms with Crippen LogP contribution in [-0.4, -0.2) is 33.3 Å². The number of phenolic OH excluding ortho intramolecular Hbond substituents is 1. The molecule has 0 saturated carbocycles. The van der Waals surface area contributed by atoms with Crippen LogP contribution in [0.5, 0.6) is 5.75 Å². The zero-order valence-electron chi connectivity index (χ0n) is 19.2. The maximum absolute atomic E-state index is 13.8. The van der Waals surface area contributed by atoms with Crippen molar-refractivity contribution in [2.45, 2.75) is 37.1 Å². The van der Waals surface area contributed by atoms with E-state index in [0.29, 0.717) is 16.9 Å². The highest BCUT2D eigenvalue weighted by Crippen LogP contribution is 2.47. The van der Waals surface area contributed by atoms with Gasteiger partial charge in [-0.1, -0.05) is 48.5 Å². The molecule has 176 valence electrons. The predicted octanol–water partition coefficient (Wildman–Crippen LogP) is 4.87. The highest BCUT2D eigenvalue weighted by Gasteiger charge is 2.37. The van der Waals surface area contributed by atoms with Crippen molar-refractivity contribution >= 4 is 23.4 Å². The number of benzene rings is 2. The summed E-state index contributed by atoms with van der Waals surface area (Å²) in [6.45, 7) is 1.94. The van der Waals surface area contributed by atoms with Crippen LogP contribution in [0, 0.1) is 0 Å². The predicted molar refractivity (Wildman–Crippen MR) is 138 cm³/mol. The monoisotopic (exact) mass is 482 g/mol. The highest BCUT2D eigenvalue weighted by atomic mass is 32.2. The molecule has 1 amide bonds. The van der Waals surface area contributed by atoms with E-state index >= 15 is 0 Å². The number of carbonyl (C=O) groups is 1. The van der Waals surface area contributed by atoms with Gasteiger partial charge in [-0.3, -0.25) is 9.78 Å². The van der Waals surface area contributed by atoms with E-state index in [9.17, 15) is 9.90 Å². The summed E-state index contributed by atoms with van der Waals surface area (Å²) in [5.41, 5.74) is 6.43. The number of fused-ring (bicyclic) bond motifs is 1.